The number of carbonyl (C=O) groups is 2. The molecular formula is C18H29NO4. The van der Waals surface area contributed by atoms with Crippen molar-refractivity contribution in [2.24, 2.45) is 28.6 Å². The van der Waals surface area contributed by atoms with Gasteiger partial charge in [-0.3, -0.25) is 9.59 Å². The van der Waals surface area contributed by atoms with Crippen molar-refractivity contribution in [2.75, 3.05) is 26.3 Å². The topological polar surface area (TPSA) is 66.8 Å². The molecule has 1 amide bonds. The van der Waals surface area contributed by atoms with E-state index in [4.69, 9.17) is 4.74 Å². The number of carbonyl (C=O) groups excluding carboxylic acids is 1. The summed E-state index contributed by atoms with van der Waals surface area (Å²) in [5.41, 5.74) is -0.554. The van der Waals surface area contributed by atoms with Crippen LogP contribution in [0, 0.1) is 28.6 Å². The number of carboxylic acid groups (broad SMARTS) is 1. The molecule has 1 aliphatic carbocycles. The molecule has 0 aromatic heterocycles. The minimum absolute atomic E-state index is 0.0464. The van der Waals surface area contributed by atoms with E-state index in [2.05, 4.69) is 20.8 Å². The highest BCUT2D eigenvalue weighted by molar-refractivity contribution is 5.83. The summed E-state index contributed by atoms with van der Waals surface area (Å²) < 4.78 is 5.38. The maximum Gasteiger partial charge on any atom is 0.314 e. The van der Waals surface area contributed by atoms with Gasteiger partial charge in [0.25, 0.3) is 0 Å². The summed E-state index contributed by atoms with van der Waals surface area (Å²) in [5.74, 6) is 0.0800. The predicted octanol–water partition coefficient (Wildman–Crippen LogP) is 2.40. The molecule has 1 saturated carbocycles. The lowest BCUT2D eigenvalue weighted by atomic mass is 9.69. The van der Waals surface area contributed by atoms with Crippen LogP contribution < -0.4 is 0 Å². The van der Waals surface area contributed by atoms with E-state index in [9.17, 15) is 14.7 Å². The number of aliphatic carboxylic acids is 1. The van der Waals surface area contributed by atoms with Crippen molar-refractivity contribution >= 4 is 11.9 Å². The number of ether oxygens (including phenoxy) is 1. The van der Waals surface area contributed by atoms with Gasteiger partial charge in [0.05, 0.1) is 13.2 Å². The van der Waals surface area contributed by atoms with E-state index in [1.54, 1.807) is 0 Å². The van der Waals surface area contributed by atoms with Crippen LogP contribution in [-0.4, -0.2) is 48.2 Å². The van der Waals surface area contributed by atoms with Crippen molar-refractivity contribution in [3.63, 3.8) is 0 Å². The Morgan fingerprint density at radius 1 is 1.17 bits per heavy atom. The van der Waals surface area contributed by atoms with Crippen LogP contribution in [0.4, 0.5) is 0 Å². The van der Waals surface area contributed by atoms with E-state index in [0.717, 1.165) is 25.7 Å². The predicted molar refractivity (Wildman–Crippen MR) is 85.9 cm³/mol. The maximum atomic E-state index is 12.8. The maximum absolute atomic E-state index is 12.8. The molecule has 0 aromatic rings. The monoisotopic (exact) mass is 323 g/mol. The van der Waals surface area contributed by atoms with Crippen molar-refractivity contribution in [3.8, 4) is 0 Å². The summed E-state index contributed by atoms with van der Waals surface area (Å²) in [6.07, 6.45) is 4.09. The number of likely N-dealkylation sites (tertiary alicyclic amines) is 1. The third-order valence-corrected chi connectivity index (χ3v) is 6.41. The quantitative estimate of drug-likeness (QED) is 0.847. The molecule has 2 heterocycles. The van der Waals surface area contributed by atoms with Gasteiger partial charge in [-0.05, 0) is 37.0 Å². The zero-order chi connectivity index (χ0) is 16.8. The first-order chi connectivity index (χ1) is 10.7. The molecule has 0 radical (unpaired) electrons. The number of nitrogens with zero attached hydrogens (tertiary/aromatic N) is 1. The smallest absolute Gasteiger partial charge is 0.314 e. The highest BCUT2D eigenvalue weighted by atomic mass is 16.5. The van der Waals surface area contributed by atoms with E-state index in [0.29, 0.717) is 31.0 Å². The lowest BCUT2D eigenvalue weighted by Crippen LogP contribution is -2.42. The minimum atomic E-state index is -0.863. The summed E-state index contributed by atoms with van der Waals surface area (Å²) in [7, 11) is 0. The van der Waals surface area contributed by atoms with Crippen molar-refractivity contribution in [3.05, 3.63) is 0 Å². The first-order valence-electron chi connectivity index (χ1n) is 8.84. The van der Waals surface area contributed by atoms with Crippen LogP contribution >= 0.6 is 0 Å². The molecular weight excluding hydrogens is 294 g/mol. The van der Waals surface area contributed by atoms with Crippen LogP contribution in [0.15, 0.2) is 0 Å². The van der Waals surface area contributed by atoms with Crippen LogP contribution in [0.1, 0.15) is 46.5 Å². The largest absolute Gasteiger partial charge is 0.481 e. The fourth-order valence-corrected chi connectivity index (χ4v) is 4.67. The van der Waals surface area contributed by atoms with Gasteiger partial charge in [-0.1, -0.05) is 20.8 Å². The molecule has 0 bridgehead atoms. The number of amides is 1. The van der Waals surface area contributed by atoms with Gasteiger partial charge in [0.1, 0.15) is 5.41 Å². The zero-order valence-corrected chi connectivity index (χ0v) is 14.5. The van der Waals surface area contributed by atoms with Gasteiger partial charge < -0.3 is 14.7 Å². The van der Waals surface area contributed by atoms with E-state index in [-0.39, 0.29) is 24.3 Å². The molecule has 23 heavy (non-hydrogen) atoms. The molecule has 0 aromatic carbocycles. The van der Waals surface area contributed by atoms with Crippen LogP contribution in [0.2, 0.25) is 0 Å². The van der Waals surface area contributed by atoms with Crippen molar-refractivity contribution < 1.29 is 19.4 Å². The third kappa shape index (κ3) is 2.88. The Labute approximate surface area is 138 Å². The van der Waals surface area contributed by atoms with Gasteiger partial charge in [0, 0.05) is 24.9 Å². The summed E-state index contributed by atoms with van der Waals surface area (Å²) in [5, 5.41) is 9.59. The van der Waals surface area contributed by atoms with Crippen LogP contribution in [-0.2, 0) is 14.3 Å². The van der Waals surface area contributed by atoms with Gasteiger partial charge in [-0.25, -0.2) is 0 Å². The lowest BCUT2D eigenvalue weighted by Gasteiger charge is -2.37. The first-order valence-corrected chi connectivity index (χ1v) is 8.84. The Balaban J connectivity index is 1.61. The number of fused-ring (bicyclic) bond motifs is 1. The van der Waals surface area contributed by atoms with Crippen molar-refractivity contribution in [2.45, 2.75) is 46.5 Å². The van der Waals surface area contributed by atoms with Gasteiger partial charge in [-0.15, -0.1) is 0 Å². The second kappa shape index (κ2) is 5.76. The Morgan fingerprint density at radius 2 is 1.83 bits per heavy atom. The second-order valence-corrected chi connectivity index (χ2v) is 8.81. The minimum Gasteiger partial charge on any atom is -0.481 e. The second-order valence-electron chi connectivity index (χ2n) is 8.81. The van der Waals surface area contributed by atoms with E-state index in [1.165, 1.54) is 0 Å². The molecule has 5 nitrogen and oxygen atoms in total. The van der Waals surface area contributed by atoms with E-state index >= 15 is 0 Å². The molecule has 130 valence electrons. The molecule has 0 spiro atoms. The summed E-state index contributed by atoms with van der Waals surface area (Å²) >= 11 is 0. The Kier molecular flexibility index (Phi) is 4.20. The normalized spacial score (nSPS) is 37.7. The average molecular weight is 323 g/mol. The van der Waals surface area contributed by atoms with Gasteiger partial charge >= 0.3 is 5.97 Å². The molecule has 2 saturated heterocycles. The van der Waals surface area contributed by atoms with E-state index < -0.39 is 11.4 Å². The zero-order valence-electron chi connectivity index (χ0n) is 14.5. The molecule has 3 aliphatic rings. The molecule has 5 heteroatoms. The van der Waals surface area contributed by atoms with Crippen molar-refractivity contribution in [1.29, 1.82) is 0 Å². The van der Waals surface area contributed by atoms with Crippen LogP contribution in [0.3, 0.4) is 0 Å². The van der Waals surface area contributed by atoms with Crippen LogP contribution in [0.5, 0.6) is 0 Å². The number of carboxylic acids is 1. The number of hydrogen-bond donors (Lipinski definition) is 1. The Bertz CT molecular complexity index is 490. The Morgan fingerprint density at radius 3 is 2.35 bits per heavy atom. The molecule has 2 aliphatic heterocycles. The third-order valence-electron chi connectivity index (χ3n) is 6.41. The Hall–Kier alpha value is -1.10. The number of hydrogen-bond acceptors (Lipinski definition) is 3. The molecule has 0 unspecified atom stereocenters. The first kappa shape index (κ1) is 16.7. The fraction of sp³-hybridized carbons (Fsp3) is 0.889. The lowest BCUT2D eigenvalue weighted by molar-refractivity contribution is -0.150. The van der Waals surface area contributed by atoms with Gasteiger partial charge in [0.2, 0.25) is 5.91 Å². The average Bonchev–Trinajstić information content (AvgIpc) is 3.03. The summed E-state index contributed by atoms with van der Waals surface area (Å²) in [6.45, 7) is 8.41. The van der Waals surface area contributed by atoms with Crippen molar-refractivity contribution in [1.82, 2.24) is 4.90 Å². The molecule has 1 N–H and O–H groups in total. The number of rotatable bonds is 2. The highest BCUT2D eigenvalue weighted by Crippen LogP contribution is 2.44. The molecule has 3 fully saturated rings. The highest BCUT2D eigenvalue weighted by Gasteiger charge is 2.57. The standard InChI is InChI=1S/C18H29NO4/c1-17(2,3)13-6-4-12(5-7-13)15(20)19-8-14-9-23-11-18(14,10-19)16(21)22/h12-14H,4-11H2,1-3H3,(H,21,22)/t12?,13?,14-,18-/m1/s1. The van der Waals surface area contributed by atoms with Gasteiger partial charge in [0.15, 0.2) is 0 Å². The van der Waals surface area contributed by atoms with Gasteiger partial charge in [-0.2, -0.15) is 0 Å². The molecule has 3 rings (SSSR count). The van der Waals surface area contributed by atoms with Crippen LogP contribution in [0.25, 0.3) is 0 Å². The molecule has 2 atom stereocenters. The SMILES string of the molecule is CC(C)(C)C1CCC(C(=O)N2C[C@@H]3COC[C@]3(C(=O)O)C2)CC1. The fourth-order valence-electron chi connectivity index (χ4n) is 4.67. The van der Waals surface area contributed by atoms with E-state index in [1.807, 2.05) is 4.90 Å². The summed E-state index contributed by atoms with van der Waals surface area (Å²) in [6, 6.07) is 0. The summed E-state index contributed by atoms with van der Waals surface area (Å²) in [4.78, 5) is 26.3.